The van der Waals surface area contributed by atoms with Gasteiger partial charge in [-0.15, -0.1) is 12.4 Å². The van der Waals surface area contributed by atoms with Crippen molar-refractivity contribution in [1.29, 1.82) is 0 Å². The molecule has 2 N–H and O–H groups in total. The first-order chi connectivity index (χ1) is 8.74. The van der Waals surface area contributed by atoms with Crippen LogP contribution in [0.3, 0.4) is 0 Å². The Bertz CT molecular complexity index is 428. The summed E-state index contributed by atoms with van der Waals surface area (Å²) >= 11 is 0. The number of carbonyl (C=O) groups excluding carboxylic acids is 1. The Labute approximate surface area is 119 Å². The summed E-state index contributed by atoms with van der Waals surface area (Å²) in [6.45, 7) is 2.12. The van der Waals surface area contributed by atoms with E-state index < -0.39 is 0 Å². The van der Waals surface area contributed by atoms with E-state index in [0.717, 1.165) is 0 Å². The van der Waals surface area contributed by atoms with E-state index in [1.165, 1.54) is 0 Å². The summed E-state index contributed by atoms with van der Waals surface area (Å²) in [5.41, 5.74) is 6.20. The molecule has 19 heavy (non-hydrogen) atoms. The highest BCUT2D eigenvalue weighted by Crippen LogP contribution is 2.16. The fraction of sp³-hybridized carbons (Fsp3) is 0.462. The van der Waals surface area contributed by atoms with Gasteiger partial charge in [0.1, 0.15) is 5.75 Å². The monoisotopic (exact) mass is 286 g/mol. The number of hydrogen-bond donors (Lipinski definition) is 1. The van der Waals surface area contributed by atoms with Crippen LogP contribution in [0, 0.1) is 0 Å². The Balaban J connectivity index is 0.00000180. The van der Waals surface area contributed by atoms with Gasteiger partial charge in [-0.2, -0.15) is 0 Å². The number of benzene rings is 1. The maximum atomic E-state index is 12.3. The largest absolute Gasteiger partial charge is 0.497 e. The van der Waals surface area contributed by atoms with Gasteiger partial charge < -0.3 is 20.1 Å². The van der Waals surface area contributed by atoms with E-state index >= 15 is 0 Å². The lowest BCUT2D eigenvalue weighted by molar-refractivity contribution is -0.0167. The average molecular weight is 287 g/mol. The third-order valence-electron chi connectivity index (χ3n) is 3.01. The Morgan fingerprint density at radius 2 is 2.37 bits per heavy atom. The highest BCUT2D eigenvalue weighted by Gasteiger charge is 2.24. The molecule has 0 aliphatic carbocycles. The van der Waals surface area contributed by atoms with Crippen LogP contribution < -0.4 is 10.5 Å². The maximum Gasteiger partial charge on any atom is 0.254 e. The highest BCUT2D eigenvalue weighted by molar-refractivity contribution is 5.94. The third kappa shape index (κ3) is 3.83. The van der Waals surface area contributed by atoms with Gasteiger partial charge in [-0.3, -0.25) is 4.79 Å². The summed E-state index contributed by atoms with van der Waals surface area (Å²) in [6.07, 6.45) is -0.0618. The summed E-state index contributed by atoms with van der Waals surface area (Å²) in [4.78, 5) is 14.1. The third-order valence-corrected chi connectivity index (χ3v) is 3.01. The van der Waals surface area contributed by atoms with Crippen LogP contribution in [-0.2, 0) is 4.74 Å². The highest BCUT2D eigenvalue weighted by atomic mass is 35.5. The number of amides is 1. The topological polar surface area (TPSA) is 64.8 Å². The second-order valence-corrected chi connectivity index (χ2v) is 4.21. The number of nitrogens with zero attached hydrogens (tertiary/aromatic N) is 1. The zero-order chi connectivity index (χ0) is 13.0. The molecule has 0 saturated carbocycles. The van der Waals surface area contributed by atoms with Crippen molar-refractivity contribution in [3.05, 3.63) is 29.8 Å². The van der Waals surface area contributed by atoms with E-state index in [2.05, 4.69) is 0 Å². The summed E-state index contributed by atoms with van der Waals surface area (Å²) in [7, 11) is 1.59. The fourth-order valence-corrected chi connectivity index (χ4v) is 1.99. The molecule has 1 aliphatic heterocycles. The summed E-state index contributed by atoms with van der Waals surface area (Å²) in [5, 5.41) is 0. The molecular formula is C13H19ClN2O3. The van der Waals surface area contributed by atoms with Crippen molar-refractivity contribution in [2.24, 2.45) is 5.73 Å². The van der Waals surface area contributed by atoms with Crippen LogP contribution in [0.2, 0.25) is 0 Å². The number of nitrogens with two attached hydrogens (primary N) is 1. The smallest absolute Gasteiger partial charge is 0.254 e. The molecule has 5 nitrogen and oxygen atoms in total. The van der Waals surface area contributed by atoms with Crippen molar-refractivity contribution in [3.8, 4) is 5.75 Å². The first-order valence-electron chi connectivity index (χ1n) is 5.99. The molecule has 1 heterocycles. The van der Waals surface area contributed by atoms with E-state index in [0.29, 0.717) is 37.6 Å². The van der Waals surface area contributed by atoms with Crippen LogP contribution >= 0.6 is 12.4 Å². The molecule has 0 bridgehead atoms. The quantitative estimate of drug-likeness (QED) is 0.897. The van der Waals surface area contributed by atoms with Crippen LogP contribution in [0.4, 0.5) is 0 Å². The minimum Gasteiger partial charge on any atom is -0.497 e. The van der Waals surface area contributed by atoms with Crippen molar-refractivity contribution in [1.82, 2.24) is 4.90 Å². The second kappa shape index (κ2) is 7.33. The van der Waals surface area contributed by atoms with E-state index in [1.807, 2.05) is 12.1 Å². The second-order valence-electron chi connectivity index (χ2n) is 4.21. The molecule has 1 amide bonds. The van der Waals surface area contributed by atoms with Gasteiger partial charge in [-0.1, -0.05) is 6.07 Å². The summed E-state index contributed by atoms with van der Waals surface area (Å²) in [5.74, 6) is 0.681. The number of halogens is 1. The molecular weight excluding hydrogens is 268 g/mol. The average Bonchev–Trinajstić information content (AvgIpc) is 2.46. The van der Waals surface area contributed by atoms with Crippen molar-refractivity contribution < 1.29 is 14.3 Å². The number of carbonyl (C=O) groups is 1. The van der Waals surface area contributed by atoms with Crippen LogP contribution in [0.1, 0.15) is 10.4 Å². The van der Waals surface area contributed by atoms with Gasteiger partial charge in [-0.25, -0.2) is 0 Å². The molecule has 1 aliphatic rings. The molecule has 1 aromatic rings. The van der Waals surface area contributed by atoms with Gasteiger partial charge in [0.25, 0.3) is 5.91 Å². The van der Waals surface area contributed by atoms with Crippen LogP contribution in [0.25, 0.3) is 0 Å². The molecule has 106 valence electrons. The summed E-state index contributed by atoms with van der Waals surface area (Å²) < 4.78 is 10.6. The van der Waals surface area contributed by atoms with Gasteiger partial charge in [-0.05, 0) is 18.2 Å². The van der Waals surface area contributed by atoms with E-state index in [9.17, 15) is 4.79 Å². The molecule has 6 heteroatoms. The summed E-state index contributed by atoms with van der Waals surface area (Å²) in [6, 6.07) is 7.17. The van der Waals surface area contributed by atoms with Crippen LogP contribution in [-0.4, -0.2) is 50.3 Å². The lowest BCUT2D eigenvalue weighted by Crippen LogP contribution is -2.48. The van der Waals surface area contributed by atoms with Crippen LogP contribution in [0.15, 0.2) is 24.3 Å². The molecule has 0 spiro atoms. The predicted molar refractivity (Wildman–Crippen MR) is 74.9 cm³/mol. The fourth-order valence-electron chi connectivity index (χ4n) is 1.99. The zero-order valence-corrected chi connectivity index (χ0v) is 11.7. The van der Waals surface area contributed by atoms with Crippen LogP contribution in [0.5, 0.6) is 5.75 Å². The van der Waals surface area contributed by atoms with E-state index in [1.54, 1.807) is 24.1 Å². The molecule has 1 atom stereocenters. The number of rotatable bonds is 3. The first-order valence-corrected chi connectivity index (χ1v) is 5.99. The maximum absolute atomic E-state index is 12.3. The molecule has 2 rings (SSSR count). The van der Waals surface area contributed by atoms with Crippen molar-refractivity contribution >= 4 is 18.3 Å². The number of methoxy groups -OCH3 is 1. The molecule has 0 aromatic heterocycles. The van der Waals surface area contributed by atoms with Gasteiger partial charge in [0.2, 0.25) is 0 Å². The first kappa shape index (κ1) is 15.8. The number of hydrogen-bond acceptors (Lipinski definition) is 4. The number of ether oxygens (including phenoxy) is 2. The SMILES string of the molecule is COc1cccc(C(=O)N2CCOC(CN)C2)c1.Cl. The standard InChI is InChI=1S/C13H18N2O3.ClH/c1-17-11-4-2-3-10(7-11)13(16)15-5-6-18-12(8-14)9-15;/h2-4,7,12H,5-6,8-9,14H2,1H3;1H. The van der Waals surface area contributed by atoms with E-state index in [-0.39, 0.29) is 24.4 Å². The van der Waals surface area contributed by atoms with E-state index in [4.69, 9.17) is 15.2 Å². The zero-order valence-electron chi connectivity index (χ0n) is 10.9. The molecule has 1 unspecified atom stereocenters. The van der Waals surface area contributed by atoms with Crippen molar-refractivity contribution in [2.45, 2.75) is 6.10 Å². The minimum atomic E-state index is -0.0618. The Morgan fingerprint density at radius 1 is 1.58 bits per heavy atom. The van der Waals surface area contributed by atoms with Gasteiger partial charge in [0, 0.05) is 25.2 Å². The molecule has 1 saturated heterocycles. The minimum absolute atomic E-state index is 0. The predicted octanol–water partition coefficient (Wildman–Crippen LogP) is 0.917. The van der Waals surface area contributed by atoms with Crippen molar-refractivity contribution in [3.63, 3.8) is 0 Å². The Morgan fingerprint density at radius 3 is 3.05 bits per heavy atom. The molecule has 1 aromatic carbocycles. The Hall–Kier alpha value is -1.30. The van der Waals surface area contributed by atoms with Crippen molar-refractivity contribution in [2.75, 3.05) is 33.4 Å². The molecule has 0 radical (unpaired) electrons. The molecule has 1 fully saturated rings. The lowest BCUT2D eigenvalue weighted by Gasteiger charge is -2.32. The Kier molecular flexibility index (Phi) is 6.08. The van der Waals surface area contributed by atoms with Gasteiger partial charge in [0.05, 0.1) is 19.8 Å². The van der Waals surface area contributed by atoms with Gasteiger partial charge in [0.15, 0.2) is 0 Å². The number of morpholine rings is 1. The lowest BCUT2D eigenvalue weighted by atomic mass is 10.1. The van der Waals surface area contributed by atoms with Gasteiger partial charge >= 0.3 is 0 Å². The normalized spacial score (nSPS) is 18.6.